The van der Waals surface area contributed by atoms with Crippen molar-refractivity contribution in [2.45, 2.75) is 69.6 Å². The molecule has 0 spiro atoms. The van der Waals surface area contributed by atoms with Crippen molar-refractivity contribution in [1.82, 2.24) is 15.3 Å². The number of aromatic nitrogens is 2. The van der Waals surface area contributed by atoms with Crippen LogP contribution in [0.4, 0.5) is 22.9 Å². The molecule has 5 rings (SSSR count). The Kier molecular flexibility index (Phi) is 8.05. The Bertz CT molecular complexity index is 1600. The highest BCUT2D eigenvalue weighted by Crippen LogP contribution is 2.38. The zero-order valence-corrected chi connectivity index (χ0v) is 24.7. The van der Waals surface area contributed by atoms with Crippen molar-refractivity contribution in [3.63, 3.8) is 0 Å². The molecule has 9 heteroatoms. The summed E-state index contributed by atoms with van der Waals surface area (Å²) in [5, 5.41) is 10.7. The van der Waals surface area contributed by atoms with Crippen molar-refractivity contribution in [3.8, 4) is 5.75 Å². The van der Waals surface area contributed by atoms with E-state index in [9.17, 15) is 8.42 Å². The normalized spacial score (nSPS) is 14.7. The van der Waals surface area contributed by atoms with E-state index in [-0.39, 0.29) is 11.0 Å². The number of benzene rings is 2. The second-order valence-electron chi connectivity index (χ2n) is 11.0. The molecule has 0 bridgehead atoms. The molecule has 1 saturated heterocycles. The van der Waals surface area contributed by atoms with Gasteiger partial charge in [0, 0.05) is 17.6 Å². The second kappa shape index (κ2) is 11.5. The van der Waals surface area contributed by atoms with Gasteiger partial charge in [-0.3, -0.25) is 0 Å². The summed E-state index contributed by atoms with van der Waals surface area (Å²) in [6, 6.07) is 15.2. The molecule has 1 aliphatic rings. The van der Waals surface area contributed by atoms with Gasteiger partial charge in [0.15, 0.2) is 9.84 Å². The van der Waals surface area contributed by atoms with Gasteiger partial charge in [0.25, 0.3) is 0 Å². The summed E-state index contributed by atoms with van der Waals surface area (Å²) in [6.07, 6.45) is 4.07. The van der Waals surface area contributed by atoms with Gasteiger partial charge < -0.3 is 25.7 Å². The number of hydrogen-bond donors (Lipinski definition) is 4. The van der Waals surface area contributed by atoms with Crippen molar-refractivity contribution in [2.75, 3.05) is 23.7 Å². The topological polar surface area (TPSA) is 108 Å². The summed E-state index contributed by atoms with van der Waals surface area (Å²) in [7, 11) is -3.48. The highest BCUT2D eigenvalue weighted by atomic mass is 32.2. The minimum absolute atomic E-state index is 0.0135. The highest BCUT2D eigenvalue weighted by molar-refractivity contribution is 7.92. The van der Waals surface area contributed by atoms with E-state index in [1.165, 1.54) is 11.1 Å². The minimum atomic E-state index is -3.48. The van der Waals surface area contributed by atoms with E-state index in [1.807, 2.05) is 38.2 Å². The van der Waals surface area contributed by atoms with Gasteiger partial charge in [0.2, 0.25) is 0 Å². The number of piperidine rings is 1. The number of pyridine rings is 1. The van der Waals surface area contributed by atoms with Crippen molar-refractivity contribution < 1.29 is 13.2 Å². The van der Waals surface area contributed by atoms with E-state index in [1.54, 1.807) is 32.0 Å². The molecule has 0 unspecified atom stereocenters. The number of nitrogens with zero attached hydrogens (tertiary/aromatic N) is 1. The molecule has 0 atom stereocenters. The average molecular weight is 562 g/mol. The van der Waals surface area contributed by atoms with Crippen LogP contribution in [0.5, 0.6) is 5.75 Å². The van der Waals surface area contributed by atoms with E-state index in [4.69, 9.17) is 9.72 Å². The van der Waals surface area contributed by atoms with Crippen LogP contribution in [0.2, 0.25) is 0 Å². The monoisotopic (exact) mass is 561 g/mol. The highest BCUT2D eigenvalue weighted by Gasteiger charge is 2.24. The Balaban J connectivity index is 1.53. The van der Waals surface area contributed by atoms with Gasteiger partial charge in [-0.25, -0.2) is 13.4 Å². The van der Waals surface area contributed by atoms with Gasteiger partial charge in [-0.1, -0.05) is 12.1 Å². The van der Waals surface area contributed by atoms with E-state index < -0.39 is 15.1 Å². The molecule has 0 saturated carbocycles. The molecule has 3 heterocycles. The zero-order chi connectivity index (χ0) is 28.4. The Morgan fingerprint density at radius 2 is 1.70 bits per heavy atom. The lowest BCUT2D eigenvalue weighted by atomic mass is 9.87. The van der Waals surface area contributed by atoms with Crippen molar-refractivity contribution in [1.29, 1.82) is 0 Å². The minimum Gasteiger partial charge on any atom is -0.489 e. The predicted molar refractivity (Wildman–Crippen MR) is 163 cm³/mol. The maximum absolute atomic E-state index is 13.1. The number of anilines is 4. The summed E-state index contributed by atoms with van der Waals surface area (Å²) in [6.45, 7) is 11.7. The molecular formula is C31H39N5O3S. The maximum atomic E-state index is 13.1. The van der Waals surface area contributed by atoms with E-state index in [0.717, 1.165) is 48.4 Å². The summed E-state index contributed by atoms with van der Waals surface area (Å²) in [5.41, 5.74) is 5.36. The van der Waals surface area contributed by atoms with Gasteiger partial charge in [-0.2, -0.15) is 0 Å². The number of nitrogens with one attached hydrogen (secondary N) is 4. The van der Waals surface area contributed by atoms with Gasteiger partial charge in [0.1, 0.15) is 17.2 Å². The lowest BCUT2D eigenvalue weighted by molar-refractivity contribution is 0.243. The van der Waals surface area contributed by atoms with Gasteiger partial charge in [0.05, 0.1) is 33.3 Å². The Morgan fingerprint density at radius 1 is 0.950 bits per heavy atom. The molecule has 2 aromatic heterocycles. The van der Waals surface area contributed by atoms with Crippen LogP contribution in [0, 0.1) is 6.92 Å². The van der Waals surface area contributed by atoms with Gasteiger partial charge in [-0.15, -0.1) is 0 Å². The molecule has 4 aromatic rings. The molecule has 1 fully saturated rings. The molecule has 2 aromatic carbocycles. The van der Waals surface area contributed by atoms with Crippen LogP contribution in [-0.4, -0.2) is 42.8 Å². The van der Waals surface area contributed by atoms with E-state index in [2.05, 4.69) is 40.0 Å². The number of sulfone groups is 1. The molecule has 1 aliphatic heterocycles. The van der Waals surface area contributed by atoms with Gasteiger partial charge >= 0.3 is 0 Å². The van der Waals surface area contributed by atoms with Gasteiger partial charge in [-0.05, 0) is 108 Å². The lowest BCUT2D eigenvalue weighted by Crippen LogP contribution is -2.27. The van der Waals surface area contributed by atoms with Crippen LogP contribution in [-0.2, 0) is 9.84 Å². The molecule has 0 amide bonds. The first-order valence-electron chi connectivity index (χ1n) is 14.0. The number of H-pyrrole nitrogens is 1. The summed E-state index contributed by atoms with van der Waals surface area (Å²) in [5.74, 6) is 1.92. The number of aromatic amines is 1. The third kappa shape index (κ3) is 5.81. The number of para-hydroxylation sites is 1. The molecule has 40 heavy (non-hydrogen) atoms. The third-order valence-corrected chi connectivity index (χ3v) is 9.60. The van der Waals surface area contributed by atoms with Crippen LogP contribution in [0.15, 0.2) is 59.6 Å². The van der Waals surface area contributed by atoms with Crippen molar-refractivity contribution in [2.24, 2.45) is 0 Å². The largest absolute Gasteiger partial charge is 0.489 e. The average Bonchev–Trinajstić information content (AvgIpc) is 3.40. The number of fused-ring (bicyclic) bond motifs is 1. The molecule has 0 aliphatic carbocycles. The maximum Gasteiger partial charge on any atom is 0.182 e. The summed E-state index contributed by atoms with van der Waals surface area (Å²) in [4.78, 5) is 8.28. The second-order valence-corrected chi connectivity index (χ2v) is 13.5. The quantitative estimate of drug-likeness (QED) is 0.178. The Morgan fingerprint density at radius 3 is 2.42 bits per heavy atom. The van der Waals surface area contributed by atoms with Crippen LogP contribution in [0.25, 0.3) is 11.0 Å². The van der Waals surface area contributed by atoms with Crippen LogP contribution < -0.4 is 20.7 Å². The first-order valence-corrected chi connectivity index (χ1v) is 15.5. The molecule has 212 valence electrons. The van der Waals surface area contributed by atoms with Crippen LogP contribution in [0.1, 0.15) is 57.6 Å². The predicted octanol–water partition coefficient (Wildman–Crippen LogP) is 6.79. The van der Waals surface area contributed by atoms with Crippen LogP contribution in [0.3, 0.4) is 0 Å². The fourth-order valence-electron chi connectivity index (χ4n) is 5.29. The fourth-order valence-corrected chi connectivity index (χ4v) is 6.49. The molecule has 4 N–H and O–H groups in total. The number of aryl methyl sites for hydroxylation is 1. The standard InChI is InChI=1S/C31H39N5O3S/c1-19(2)39-28-17-24(22-10-13-32-14-11-22)21(5)16-27(28)35-30-18-26(23-12-15-33-31(23)36-30)34-25-8-6-7-9-29(25)40(37,38)20(3)4/h6-9,12,15-20,22,32H,10-11,13-14H2,1-5H3,(H3,33,34,35,36). The third-order valence-electron chi connectivity index (χ3n) is 7.38. The first-order chi connectivity index (χ1) is 19.1. The van der Waals surface area contributed by atoms with E-state index >= 15 is 0 Å². The van der Waals surface area contributed by atoms with Crippen LogP contribution >= 0.6 is 0 Å². The molecule has 0 radical (unpaired) electrons. The number of rotatable bonds is 9. The van der Waals surface area contributed by atoms with Crippen molar-refractivity contribution >= 4 is 43.8 Å². The number of ether oxygens (including phenoxy) is 1. The Hall–Kier alpha value is -3.56. The molecule has 8 nitrogen and oxygen atoms in total. The fraction of sp³-hybridized carbons (Fsp3) is 0.387. The van der Waals surface area contributed by atoms with Crippen molar-refractivity contribution in [3.05, 3.63) is 65.9 Å². The lowest BCUT2D eigenvalue weighted by Gasteiger charge is -2.26. The summed E-state index contributed by atoms with van der Waals surface area (Å²) >= 11 is 0. The Labute approximate surface area is 236 Å². The first kappa shape index (κ1) is 28.0. The summed E-state index contributed by atoms with van der Waals surface area (Å²) < 4.78 is 32.4. The smallest absolute Gasteiger partial charge is 0.182 e. The number of hydrogen-bond acceptors (Lipinski definition) is 7. The SMILES string of the molecule is Cc1cc(Nc2cc(Nc3ccccc3S(=O)(=O)C(C)C)c3cc[nH]c3n2)c(OC(C)C)cc1C1CCNCC1. The molecular weight excluding hydrogens is 522 g/mol. The zero-order valence-electron chi connectivity index (χ0n) is 23.8. The van der Waals surface area contributed by atoms with E-state index in [0.29, 0.717) is 23.1 Å².